The molecule has 0 aromatic carbocycles. The minimum atomic E-state index is -1.39. The number of rotatable bonds is 3. The normalized spacial score (nSPS) is 11.3. The van der Waals surface area contributed by atoms with E-state index in [1.807, 2.05) is 0 Å². The summed E-state index contributed by atoms with van der Waals surface area (Å²) in [6.07, 6.45) is 0. The van der Waals surface area contributed by atoms with Crippen molar-refractivity contribution in [1.82, 2.24) is 25.9 Å². The van der Waals surface area contributed by atoms with E-state index in [0.717, 1.165) is 0 Å². The van der Waals surface area contributed by atoms with Gasteiger partial charge in [-0.15, -0.1) is 10.2 Å². The maximum Gasteiger partial charge on any atom is 0.251 e. The average molecular weight is 185 g/mol. The number of H-pyrrole nitrogens is 1. The first-order valence-corrected chi connectivity index (χ1v) is 3.73. The molecule has 0 bridgehead atoms. The zero-order valence-electron chi connectivity index (χ0n) is 7.40. The second-order valence-corrected chi connectivity index (χ2v) is 3.07. The minimum Gasteiger partial charge on any atom is -0.381 e. The number of aromatic amines is 1. The van der Waals surface area contributed by atoms with Crippen LogP contribution in [0.4, 0.5) is 0 Å². The smallest absolute Gasteiger partial charge is 0.251 e. The van der Waals surface area contributed by atoms with Gasteiger partial charge in [0.25, 0.3) is 5.91 Å². The number of carbonyl (C=O) groups excluding carboxylic acids is 1. The number of nitrogens with zero attached hydrogens (tertiary/aromatic N) is 3. The van der Waals surface area contributed by atoms with Gasteiger partial charge in [0.05, 0.1) is 6.54 Å². The summed E-state index contributed by atoms with van der Waals surface area (Å²) in [5, 5.41) is 24.5. The van der Waals surface area contributed by atoms with Gasteiger partial charge in [-0.1, -0.05) is 5.21 Å². The average Bonchev–Trinajstić information content (AvgIpc) is 2.50. The molecule has 0 aliphatic rings. The van der Waals surface area contributed by atoms with E-state index in [4.69, 9.17) is 0 Å². The van der Waals surface area contributed by atoms with Crippen molar-refractivity contribution in [3.8, 4) is 0 Å². The SMILES string of the molecule is CC(C)(O)C(=O)NCc1nn[nH]n1. The van der Waals surface area contributed by atoms with Crippen LogP contribution in [0.2, 0.25) is 0 Å². The van der Waals surface area contributed by atoms with Gasteiger partial charge >= 0.3 is 0 Å². The number of carbonyl (C=O) groups is 1. The first-order chi connectivity index (χ1) is 6.00. The fraction of sp³-hybridized carbons (Fsp3) is 0.667. The molecule has 1 aromatic heterocycles. The highest BCUT2D eigenvalue weighted by Gasteiger charge is 2.23. The zero-order valence-corrected chi connectivity index (χ0v) is 7.40. The lowest BCUT2D eigenvalue weighted by atomic mass is 10.1. The molecule has 0 saturated carbocycles. The molecule has 7 nitrogen and oxygen atoms in total. The molecular formula is C6H11N5O2. The molecule has 7 heteroatoms. The Morgan fingerprint density at radius 3 is 2.85 bits per heavy atom. The van der Waals surface area contributed by atoms with Crippen LogP contribution in [-0.2, 0) is 11.3 Å². The molecule has 13 heavy (non-hydrogen) atoms. The molecule has 1 amide bonds. The quantitative estimate of drug-likeness (QED) is 0.536. The topological polar surface area (TPSA) is 104 Å². The first kappa shape index (κ1) is 9.59. The van der Waals surface area contributed by atoms with Crippen molar-refractivity contribution in [1.29, 1.82) is 0 Å². The van der Waals surface area contributed by atoms with Crippen LogP contribution >= 0.6 is 0 Å². The van der Waals surface area contributed by atoms with Gasteiger partial charge in [0.1, 0.15) is 5.60 Å². The summed E-state index contributed by atoms with van der Waals surface area (Å²) >= 11 is 0. The maximum atomic E-state index is 11.1. The van der Waals surface area contributed by atoms with E-state index in [1.54, 1.807) is 0 Å². The lowest BCUT2D eigenvalue weighted by molar-refractivity contribution is -0.136. The molecule has 0 saturated heterocycles. The molecule has 0 aliphatic carbocycles. The Morgan fingerprint density at radius 1 is 1.69 bits per heavy atom. The van der Waals surface area contributed by atoms with Gasteiger partial charge in [-0.05, 0) is 13.8 Å². The summed E-state index contributed by atoms with van der Waals surface area (Å²) in [6, 6.07) is 0. The lowest BCUT2D eigenvalue weighted by Gasteiger charge is -2.15. The van der Waals surface area contributed by atoms with Crippen molar-refractivity contribution < 1.29 is 9.90 Å². The van der Waals surface area contributed by atoms with Crippen molar-refractivity contribution >= 4 is 5.91 Å². The van der Waals surface area contributed by atoms with Gasteiger partial charge in [-0.3, -0.25) is 4.79 Å². The van der Waals surface area contributed by atoms with Gasteiger partial charge in [0.15, 0.2) is 5.82 Å². The summed E-state index contributed by atoms with van der Waals surface area (Å²) in [5.41, 5.74) is -1.39. The van der Waals surface area contributed by atoms with Crippen molar-refractivity contribution in [3.05, 3.63) is 5.82 Å². The van der Waals surface area contributed by atoms with E-state index in [9.17, 15) is 9.90 Å². The predicted molar refractivity (Wildman–Crippen MR) is 42.3 cm³/mol. The summed E-state index contributed by atoms with van der Waals surface area (Å²) in [5.74, 6) is -0.102. The number of aromatic nitrogens is 4. The Bertz CT molecular complexity index is 276. The Labute approximate surface area is 74.5 Å². The van der Waals surface area contributed by atoms with Crippen molar-refractivity contribution in [2.75, 3.05) is 0 Å². The van der Waals surface area contributed by atoms with Gasteiger partial charge in [0, 0.05) is 0 Å². The second-order valence-electron chi connectivity index (χ2n) is 3.07. The standard InChI is InChI=1S/C6H11N5O2/c1-6(2,13)5(12)7-3-4-8-10-11-9-4/h13H,3H2,1-2H3,(H,7,12)(H,8,9,10,11). The monoisotopic (exact) mass is 185 g/mol. The molecule has 1 aromatic rings. The molecule has 1 rings (SSSR count). The van der Waals surface area contributed by atoms with Crippen LogP contribution in [0.15, 0.2) is 0 Å². The number of hydrogen-bond donors (Lipinski definition) is 3. The molecule has 0 spiro atoms. The van der Waals surface area contributed by atoms with Gasteiger partial charge in [0.2, 0.25) is 0 Å². The number of aliphatic hydroxyl groups is 1. The van der Waals surface area contributed by atoms with Crippen LogP contribution in [0.25, 0.3) is 0 Å². The first-order valence-electron chi connectivity index (χ1n) is 3.73. The lowest BCUT2D eigenvalue weighted by Crippen LogP contribution is -2.41. The van der Waals surface area contributed by atoms with E-state index in [-0.39, 0.29) is 6.54 Å². The third-order valence-corrected chi connectivity index (χ3v) is 1.35. The largest absolute Gasteiger partial charge is 0.381 e. The third kappa shape index (κ3) is 2.79. The van der Waals surface area contributed by atoms with E-state index >= 15 is 0 Å². The zero-order chi connectivity index (χ0) is 9.90. The van der Waals surface area contributed by atoms with Gasteiger partial charge in [-0.2, -0.15) is 5.21 Å². The highest BCUT2D eigenvalue weighted by atomic mass is 16.3. The Kier molecular flexibility index (Phi) is 2.57. The molecule has 72 valence electrons. The Hall–Kier alpha value is -1.50. The van der Waals surface area contributed by atoms with Gasteiger partial charge in [-0.25, -0.2) is 0 Å². The van der Waals surface area contributed by atoms with Crippen LogP contribution in [0.3, 0.4) is 0 Å². The van der Waals surface area contributed by atoms with E-state index in [1.165, 1.54) is 13.8 Å². The molecule has 1 heterocycles. The van der Waals surface area contributed by atoms with Crippen LogP contribution in [0, 0.1) is 0 Å². The third-order valence-electron chi connectivity index (χ3n) is 1.35. The fourth-order valence-corrected chi connectivity index (χ4v) is 0.633. The van der Waals surface area contributed by atoms with Crippen LogP contribution in [0.1, 0.15) is 19.7 Å². The van der Waals surface area contributed by atoms with E-state index in [2.05, 4.69) is 25.9 Å². The Balaban J connectivity index is 2.40. The second kappa shape index (κ2) is 3.48. The molecule has 3 N–H and O–H groups in total. The van der Waals surface area contributed by atoms with Crippen molar-refractivity contribution in [2.24, 2.45) is 0 Å². The molecule has 0 atom stereocenters. The number of nitrogens with one attached hydrogen (secondary N) is 2. The molecule has 0 fully saturated rings. The van der Waals surface area contributed by atoms with E-state index < -0.39 is 11.5 Å². The van der Waals surface area contributed by atoms with E-state index in [0.29, 0.717) is 5.82 Å². The maximum absolute atomic E-state index is 11.1. The molecule has 0 aliphatic heterocycles. The number of amides is 1. The van der Waals surface area contributed by atoms with Crippen LogP contribution in [-0.4, -0.2) is 37.2 Å². The predicted octanol–water partition coefficient (Wildman–Crippen LogP) is -1.41. The Morgan fingerprint density at radius 2 is 2.38 bits per heavy atom. The highest BCUT2D eigenvalue weighted by Crippen LogP contribution is 1.99. The summed E-state index contributed by atoms with van der Waals surface area (Å²) in [4.78, 5) is 11.1. The molecular weight excluding hydrogens is 174 g/mol. The van der Waals surface area contributed by atoms with Crippen molar-refractivity contribution in [3.63, 3.8) is 0 Å². The number of hydrogen-bond acceptors (Lipinski definition) is 5. The van der Waals surface area contributed by atoms with Crippen molar-refractivity contribution in [2.45, 2.75) is 26.0 Å². The summed E-state index contributed by atoms with van der Waals surface area (Å²) in [7, 11) is 0. The number of tetrazole rings is 1. The molecule has 0 unspecified atom stereocenters. The minimum absolute atomic E-state index is 0.152. The van der Waals surface area contributed by atoms with Crippen LogP contribution < -0.4 is 5.32 Å². The van der Waals surface area contributed by atoms with Gasteiger partial charge < -0.3 is 10.4 Å². The fourth-order valence-electron chi connectivity index (χ4n) is 0.633. The highest BCUT2D eigenvalue weighted by molar-refractivity contribution is 5.83. The summed E-state index contributed by atoms with van der Waals surface area (Å²) in [6.45, 7) is 2.95. The van der Waals surface area contributed by atoms with Crippen LogP contribution in [0.5, 0.6) is 0 Å². The summed E-state index contributed by atoms with van der Waals surface area (Å²) < 4.78 is 0. The molecule has 0 radical (unpaired) electrons.